The van der Waals surface area contributed by atoms with Gasteiger partial charge in [-0.3, -0.25) is 9.69 Å². The average molecular weight is 356 g/mol. The third-order valence-corrected chi connectivity index (χ3v) is 4.06. The largest absolute Gasteiger partial charge is 0.491 e. The van der Waals surface area contributed by atoms with E-state index in [4.69, 9.17) is 4.74 Å². The van der Waals surface area contributed by atoms with Crippen LogP contribution in [-0.2, 0) is 6.54 Å². The molecule has 2 N–H and O–H groups in total. The smallest absolute Gasteiger partial charge is 0.251 e. The number of carbonyl (C=O) groups is 1. The van der Waals surface area contributed by atoms with Crippen LogP contribution in [0.1, 0.15) is 27.0 Å². The predicted molar refractivity (Wildman–Crippen MR) is 104 cm³/mol. The van der Waals surface area contributed by atoms with Crippen LogP contribution in [-0.4, -0.2) is 49.3 Å². The molecule has 5 heteroatoms. The van der Waals surface area contributed by atoms with Gasteiger partial charge in [0.25, 0.3) is 5.91 Å². The van der Waals surface area contributed by atoms with Crippen LogP contribution >= 0.6 is 0 Å². The van der Waals surface area contributed by atoms with Crippen molar-refractivity contribution >= 4 is 5.91 Å². The van der Waals surface area contributed by atoms with Gasteiger partial charge in [0.2, 0.25) is 0 Å². The van der Waals surface area contributed by atoms with E-state index in [0.717, 1.165) is 22.4 Å². The topological polar surface area (TPSA) is 61.8 Å². The lowest BCUT2D eigenvalue weighted by atomic mass is 10.1. The maximum Gasteiger partial charge on any atom is 0.251 e. The van der Waals surface area contributed by atoms with Crippen molar-refractivity contribution in [2.75, 3.05) is 27.2 Å². The number of aryl methyl sites for hydroxylation is 2. The fourth-order valence-electron chi connectivity index (χ4n) is 2.90. The maximum absolute atomic E-state index is 11.6. The zero-order valence-corrected chi connectivity index (χ0v) is 16.0. The molecule has 2 rings (SSSR count). The fraction of sp³-hybridized carbons (Fsp3) is 0.381. The Morgan fingerprint density at radius 3 is 2.35 bits per heavy atom. The van der Waals surface area contributed by atoms with Gasteiger partial charge in [-0.05, 0) is 61.9 Å². The minimum atomic E-state index is -0.578. The molecule has 0 spiro atoms. The summed E-state index contributed by atoms with van der Waals surface area (Å²) in [5, 5.41) is 12.8. The first kappa shape index (κ1) is 19.9. The van der Waals surface area contributed by atoms with Gasteiger partial charge in [-0.25, -0.2) is 0 Å². The van der Waals surface area contributed by atoms with Crippen LogP contribution in [0.2, 0.25) is 0 Å². The highest BCUT2D eigenvalue weighted by Crippen LogP contribution is 2.16. The van der Waals surface area contributed by atoms with Crippen LogP contribution in [0, 0.1) is 13.8 Å². The summed E-state index contributed by atoms with van der Waals surface area (Å²) in [7, 11) is 3.57. The molecular weight excluding hydrogens is 328 g/mol. The van der Waals surface area contributed by atoms with Crippen molar-refractivity contribution in [2.45, 2.75) is 26.5 Å². The zero-order valence-electron chi connectivity index (χ0n) is 16.0. The van der Waals surface area contributed by atoms with Crippen molar-refractivity contribution in [3.05, 3.63) is 64.7 Å². The molecule has 0 aliphatic heterocycles. The van der Waals surface area contributed by atoms with Crippen molar-refractivity contribution in [1.82, 2.24) is 10.2 Å². The Bertz CT molecular complexity index is 708. The number of aliphatic hydroxyl groups is 1. The second kappa shape index (κ2) is 9.36. The quantitative estimate of drug-likeness (QED) is 0.763. The zero-order chi connectivity index (χ0) is 19.1. The van der Waals surface area contributed by atoms with E-state index < -0.39 is 6.10 Å². The van der Waals surface area contributed by atoms with Gasteiger partial charge in [0.1, 0.15) is 18.5 Å². The van der Waals surface area contributed by atoms with Gasteiger partial charge in [-0.15, -0.1) is 0 Å². The molecule has 0 aromatic heterocycles. The van der Waals surface area contributed by atoms with E-state index in [1.807, 2.05) is 62.2 Å². The van der Waals surface area contributed by atoms with Crippen LogP contribution < -0.4 is 10.1 Å². The maximum atomic E-state index is 11.6. The highest BCUT2D eigenvalue weighted by atomic mass is 16.5. The number of hydrogen-bond acceptors (Lipinski definition) is 4. The van der Waals surface area contributed by atoms with Crippen molar-refractivity contribution < 1.29 is 14.6 Å². The van der Waals surface area contributed by atoms with Crippen molar-refractivity contribution in [3.8, 4) is 5.75 Å². The van der Waals surface area contributed by atoms with E-state index in [0.29, 0.717) is 18.7 Å². The Labute approximate surface area is 155 Å². The molecule has 1 unspecified atom stereocenters. The lowest BCUT2D eigenvalue weighted by molar-refractivity contribution is 0.0743. The number of nitrogens with one attached hydrogen (secondary N) is 1. The van der Waals surface area contributed by atoms with E-state index in [-0.39, 0.29) is 12.5 Å². The SMILES string of the molecule is CNC(=O)c1ccc(CN(C)CC(O)COc2cc(C)cc(C)c2)cc1. The first-order valence-corrected chi connectivity index (χ1v) is 8.76. The normalized spacial score (nSPS) is 12.1. The van der Waals surface area contributed by atoms with Crippen molar-refractivity contribution in [3.63, 3.8) is 0 Å². The minimum Gasteiger partial charge on any atom is -0.491 e. The van der Waals surface area contributed by atoms with Crippen molar-refractivity contribution in [2.24, 2.45) is 0 Å². The summed E-state index contributed by atoms with van der Waals surface area (Å²) in [6.07, 6.45) is -0.578. The molecule has 0 fully saturated rings. The van der Waals surface area contributed by atoms with Gasteiger partial charge in [0.15, 0.2) is 0 Å². The first-order valence-electron chi connectivity index (χ1n) is 8.76. The Morgan fingerprint density at radius 2 is 1.77 bits per heavy atom. The summed E-state index contributed by atoms with van der Waals surface area (Å²) < 4.78 is 5.71. The molecule has 1 amide bonds. The number of aliphatic hydroxyl groups excluding tert-OH is 1. The molecule has 2 aromatic rings. The highest BCUT2D eigenvalue weighted by molar-refractivity contribution is 5.93. The molecule has 26 heavy (non-hydrogen) atoms. The number of benzene rings is 2. The fourth-order valence-corrected chi connectivity index (χ4v) is 2.90. The van der Waals surface area contributed by atoms with E-state index in [9.17, 15) is 9.90 Å². The predicted octanol–water partition coefficient (Wildman–Crippen LogP) is 2.53. The Morgan fingerprint density at radius 1 is 1.15 bits per heavy atom. The molecule has 0 aliphatic carbocycles. The molecule has 140 valence electrons. The second-order valence-corrected chi connectivity index (χ2v) is 6.76. The van der Waals surface area contributed by atoms with Crippen LogP contribution in [0.4, 0.5) is 0 Å². The van der Waals surface area contributed by atoms with E-state index in [1.54, 1.807) is 7.05 Å². The Kier molecular flexibility index (Phi) is 7.18. The summed E-state index contributed by atoms with van der Waals surface area (Å²) in [5.74, 6) is 0.692. The molecule has 5 nitrogen and oxygen atoms in total. The number of likely N-dealkylation sites (N-methyl/N-ethyl adjacent to an activating group) is 1. The van der Waals surface area contributed by atoms with E-state index in [1.165, 1.54) is 0 Å². The summed E-state index contributed by atoms with van der Waals surface area (Å²) in [6.45, 7) is 5.50. The third kappa shape index (κ3) is 6.17. The Balaban J connectivity index is 1.81. The number of nitrogens with zero attached hydrogens (tertiary/aromatic N) is 1. The summed E-state index contributed by atoms with van der Waals surface area (Å²) >= 11 is 0. The average Bonchev–Trinajstić information content (AvgIpc) is 2.59. The van der Waals surface area contributed by atoms with Gasteiger partial charge >= 0.3 is 0 Å². The lowest BCUT2D eigenvalue weighted by Gasteiger charge is -2.21. The van der Waals surface area contributed by atoms with Gasteiger partial charge in [-0.2, -0.15) is 0 Å². The van der Waals surface area contributed by atoms with Gasteiger partial charge in [0, 0.05) is 25.7 Å². The van der Waals surface area contributed by atoms with E-state index >= 15 is 0 Å². The van der Waals surface area contributed by atoms with Crippen LogP contribution in [0.15, 0.2) is 42.5 Å². The highest BCUT2D eigenvalue weighted by Gasteiger charge is 2.11. The molecule has 0 aliphatic rings. The Hall–Kier alpha value is -2.37. The molecule has 2 aromatic carbocycles. The number of carbonyl (C=O) groups excluding carboxylic acids is 1. The van der Waals surface area contributed by atoms with E-state index in [2.05, 4.69) is 11.4 Å². The molecule has 0 radical (unpaired) electrons. The monoisotopic (exact) mass is 356 g/mol. The standard InChI is InChI=1S/C21H28N2O3/c1-15-9-16(2)11-20(10-15)26-14-19(24)13-23(4)12-17-5-7-18(8-6-17)21(25)22-3/h5-11,19,24H,12-14H2,1-4H3,(H,22,25). The van der Waals surface area contributed by atoms with Gasteiger partial charge in [-0.1, -0.05) is 18.2 Å². The van der Waals surface area contributed by atoms with Gasteiger partial charge < -0.3 is 15.2 Å². The third-order valence-electron chi connectivity index (χ3n) is 4.06. The molecule has 0 saturated heterocycles. The molecule has 0 bridgehead atoms. The van der Waals surface area contributed by atoms with Gasteiger partial charge in [0.05, 0.1) is 0 Å². The summed E-state index contributed by atoms with van der Waals surface area (Å²) in [5.41, 5.74) is 4.02. The lowest BCUT2D eigenvalue weighted by Crippen LogP contribution is -2.32. The molecule has 0 heterocycles. The number of hydrogen-bond donors (Lipinski definition) is 2. The summed E-state index contributed by atoms with van der Waals surface area (Å²) in [4.78, 5) is 13.6. The summed E-state index contributed by atoms with van der Waals surface area (Å²) in [6, 6.07) is 13.5. The number of ether oxygens (including phenoxy) is 1. The number of amides is 1. The van der Waals surface area contributed by atoms with Crippen molar-refractivity contribution in [1.29, 1.82) is 0 Å². The number of rotatable bonds is 8. The molecule has 1 atom stereocenters. The van der Waals surface area contributed by atoms with Crippen LogP contribution in [0.3, 0.4) is 0 Å². The van der Waals surface area contributed by atoms with Crippen LogP contribution in [0.25, 0.3) is 0 Å². The minimum absolute atomic E-state index is 0.0936. The van der Waals surface area contributed by atoms with Crippen LogP contribution in [0.5, 0.6) is 5.75 Å². The second-order valence-electron chi connectivity index (χ2n) is 6.76. The first-order chi connectivity index (χ1) is 12.4. The molecule has 0 saturated carbocycles. The molecular formula is C21H28N2O3.